The van der Waals surface area contributed by atoms with Crippen LogP contribution in [0.2, 0.25) is 0 Å². The summed E-state index contributed by atoms with van der Waals surface area (Å²) in [5.74, 6) is -0.634. The first-order chi connectivity index (χ1) is 9.54. The molecule has 1 aromatic heterocycles. The maximum atomic E-state index is 12.4. The molecule has 0 aliphatic carbocycles. The quantitative estimate of drug-likeness (QED) is 0.810. The minimum Gasteiger partial charge on any atom is -0.465 e. The van der Waals surface area contributed by atoms with Crippen molar-refractivity contribution >= 4 is 21.9 Å². The highest BCUT2D eigenvalue weighted by Crippen LogP contribution is 2.18. The molecule has 0 aliphatic heterocycles. The van der Waals surface area contributed by atoms with Gasteiger partial charge in [-0.1, -0.05) is 30.3 Å². The molecule has 0 amide bonds. The predicted molar refractivity (Wildman–Crippen MR) is 80.0 cm³/mol. The number of carbonyl (C=O) groups is 1. The third kappa shape index (κ3) is 2.82. The normalized spacial score (nSPS) is 11.9. The Morgan fingerprint density at radius 3 is 2.55 bits per heavy atom. The average Bonchev–Trinajstić information content (AvgIpc) is 2.48. The molecule has 2 aromatic rings. The van der Waals surface area contributed by atoms with Crippen LogP contribution in [0.4, 0.5) is 0 Å². The van der Waals surface area contributed by atoms with Gasteiger partial charge in [0.2, 0.25) is 0 Å². The lowest BCUT2D eigenvalue weighted by atomic mass is 10.1. The molecule has 1 unspecified atom stereocenters. The van der Waals surface area contributed by atoms with Crippen LogP contribution < -0.4 is 5.56 Å². The van der Waals surface area contributed by atoms with Crippen molar-refractivity contribution in [2.45, 2.75) is 13.0 Å². The second kappa shape index (κ2) is 6.05. The van der Waals surface area contributed by atoms with E-state index in [1.807, 2.05) is 37.3 Å². The van der Waals surface area contributed by atoms with E-state index in [1.165, 1.54) is 17.7 Å². The average molecular weight is 336 g/mol. The fourth-order valence-electron chi connectivity index (χ4n) is 2.00. The van der Waals surface area contributed by atoms with E-state index < -0.39 is 5.97 Å². The molecule has 1 atom stereocenters. The third-order valence-corrected chi connectivity index (χ3v) is 3.55. The Balaban J connectivity index is 2.55. The summed E-state index contributed by atoms with van der Waals surface area (Å²) in [7, 11) is 1.26. The van der Waals surface area contributed by atoms with Crippen LogP contribution in [0.3, 0.4) is 0 Å². The largest absolute Gasteiger partial charge is 0.465 e. The number of aromatic nitrogens is 1. The monoisotopic (exact) mass is 335 g/mol. The number of pyridine rings is 1. The molecule has 0 spiro atoms. The molecule has 1 heterocycles. The summed E-state index contributed by atoms with van der Waals surface area (Å²) in [5.41, 5.74) is 0.643. The van der Waals surface area contributed by atoms with Gasteiger partial charge in [0.15, 0.2) is 0 Å². The minimum atomic E-state index is -0.634. The molecule has 0 bridgehead atoms. The van der Waals surface area contributed by atoms with Crippen molar-refractivity contribution < 1.29 is 9.53 Å². The Morgan fingerprint density at radius 2 is 1.95 bits per heavy atom. The van der Waals surface area contributed by atoms with E-state index in [1.54, 1.807) is 6.20 Å². The van der Waals surface area contributed by atoms with Crippen molar-refractivity contribution in [1.29, 1.82) is 0 Å². The van der Waals surface area contributed by atoms with Gasteiger partial charge in [0.05, 0.1) is 13.2 Å². The van der Waals surface area contributed by atoms with E-state index >= 15 is 0 Å². The predicted octanol–water partition coefficient (Wildman–Crippen LogP) is 3.01. The maximum Gasteiger partial charge on any atom is 0.343 e. The zero-order valence-electron chi connectivity index (χ0n) is 11.2. The summed E-state index contributed by atoms with van der Waals surface area (Å²) < 4.78 is 6.81. The fraction of sp³-hybridized carbons (Fsp3) is 0.200. The highest BCUT2D eigenvalue weighted by molar-refractivity contribution is 9.10. The number of carbonyl (C=O) groups excluding carboxylic acids is 1. The Morgan fingerprint density at radius 1 is 1.30 bits per heavy atom. The molecule has 0 saturated carbocycles. The van der Waals surface area contributed by atoms with Crippen LogP contribution in [0.5, 0.6) is 0 Å². The fourth-order valence-corrected chi connectivity index (χ4v) is 2.45. The van der Waals surface area contributed by atoms with Gasteiger partial charge in [-0.15, -0.1) is 0 Å². The van der Waals surface area contributed by atoms with Gasteiger partial charge in [0.25, 0.3) is 5.56 Å². The first kappa shape index (κ1) is 14.5. The van der Waals surface area contributed by atoms with Gasteiger partial charge in [-0.25, -0.2) is 4.79 Å². The molecule has 2 rings (SSSR count). The van der Waals surface area contributed by atoms with Gasteiger partial charge < -0.3 is 9.30 Å². The van der Waals surface area contributed by atoms with Crippen LogP contribution in [-0.2, 0) is 4.74 Å². The molecule has 0 aliphatic rings. The summed E-state index contributed by atoms with van der Waals surface area (Å²) in [6, 6.07) is 10.9. The Labute approximate surface area is 125 Å². The first-order valence-electron chi connectivity index (χ1n) is 6.09. The smallest absolute Gasteiger partial charge is 0.343 e. The SMILES string of the molecule is COC(=O)c1cc(Br)cn(C(C)c2ccccc2)c1=O. The number of ether oxygens (including phenoxy) is 1. The maximum absolute atomic E-state index is 12.4. The van der Waals surface area contributed by atoms with E-state index in [0.717, 1.165) is 5.56 Å². The number of halogens is 1. The van der Waals surface area contributed by atoms with Crippen molar-refractivity contribution in [2.75, 3.05) is 7.11 Å². The number of hydrogen-bond donors (Lipinski definition) is 0. The van der Waals surface area contributed by atoms with Crippen LogP contribution in [0.25, 0.3) is 0 Å². The van der Waals surface area contributed by atoms with Gasteiger partial charge >= 0.3 is 5.97 Å². The van der Waals surface area contributed by atoms with Crippen LogP contribution >= 0.6 is 15.9 Å². The van der Waals surface area contributed by atoms with Crippen molar-refractivity contribution in [2.24, 2.45) is 0 Å². The molecular formula is C15H14BrNO3. The van der Waals surface area contributed by atoms with Gasteiger partial charge in [0.1, 0.15) is 5.56 Å². The number of benzene rings is 1. The summed E-state index contributed by atoms with van der Waals surface area (Å²) >= 11 is 3.32. The summed E-state index contributed by atoms with van der Waals surface area (Å²) in [4.78, 5) is 24.0. The summed E-state index contributed by atoms with van der Waals surface area (Å²) in [5, 5.41) is 0. The van der Waals surface area contributed by atoms with E-state index in [-0.39, 0.29) is 17.2 Å². The van der Waals surface area contributed by atoms with E-state index in [0.29, 0.717) is 4.47 Å². The standard InChI is InChI=1S/C15H14BrNO3/c1-10(11-6-4-3-5-7-11)17-9-12(16)8-13(14(17)18)15(19)20-2/h3-10H,1-2H3. The minimum absolute atomic E-state index is 0.0182. The first-order valence-corrected chi connectivity index (χ1v) is 6.89. The molecule has 20 heavy (non-hydrogen) atoms. The van der Waals surface area contributed by atoms with Gasteiger partial charge in [-0.2, -0.15) is 0 Å². The van der Waals surface area contributed by atoms with Gasteiger partial charge in [-0.3, -0.25) is 4.79 Å². The van der Waals surface area contributed by atoms with Crippen LogP contribution in [-0.4, -0.2) is 17.6 Å². The molecule has 0 N–H and O–H groups in total. The second-order valence-electron chi connectivity index (χ2n) is 4.36. The molecule has 0 fully saturated rings. The zero-order chi connectivity index (χ0) is 14.7. The number of esters is 1. The van der Waals surface area contributed by atoms with Crippen LogP contribution in [0, 0.1) is 0 Å². The van der Waals surface area contributed by atoms with Crippen LogP contribution in [0.1, 0.15) is 28.9 Å². The van der Waals surface area contributed by atoms with Crippen molar-refractivity contribution in [1.82, 2.24) is 4.57 Å². The molecule has 5 heteroatoms. The van der Waals surface area contributed by atoms with Crippen molar-refractivity contribution in [3.05, 3.63) is 68.5 Å². The van der Waals surface area contributed by atoms with Gasteiger partial charge in [0, 0.05) is 10.7 Å². The number of hydrogen-bond acceptors (Lipinski definition) is 3. The van der Waals surface area contributed by atoms with E-state index in [4.69, 9.17) is 0 Å². The highest BCUT2D eigenvalue weighted by atomic mass is 79.9. The molecule has 104 valence electrons. The Kier molecular flexibility index (Phi) is 4.39. The topological polar surface area (TPSA) is 48.3 Å². The molecule has 4 nitrogen and oxygen atoms in total. The number of rotatable bonds is 3. The van der Waals surface area contributed by atoms with E-state index in [2.05, 4.69) is 20.7 Å². The summed E-state index contributed by atoms with van der Waals surface area (Å²) in [6.45, 7) is 1.91. The lowest BCUT2D eigenvalue weighted by Crippen LogP contribution is -2.29. The van der Waals surface area contributed by atoms with Crippen molar-refractivity contribution in [3.63, 3.8) is 0 Å². The lowest BCUT2D eigenvalue weighted by molar-refractivity contribution is 0.0597. The zero-order valence-corrected chi connectivity index (χ0v) is 12.8. The van der Waals surface area contributed by atoms with Gasteiger partial charge in [-0.05, 0) is 34.5 Å². The Hall–Kier alpha value is -1.88. The van der Waals surface area contributed by atoms with E-state index in [9.17, 15) is 9.59 Å². The van der Waals surface area contributed by atoms with Crippen molar-refractivity contribution in [3.8, 4) is 0 Å². The molecular weight excluding hydrogens is 322 g/mol. The molecule has 0 radical (unpaired) electrons. The summed E-state index contributed by atoms with van der Waals surface area (Å²) in [6.07, 6.45) is 1.67. The lowest BCUT2D eigenvalue weighted by Gasteiger charge is -2.17. The number of nitrogens with zero attached hydrogens (tertiary/aromatic N) is 1. The van der Waals surface area contributed by atoms with Crippen LogP contribution in [0.15, 0.2) is 51.9 Å². The highest BCUT2D eigenvalue weighted by Gasteiger charge is 2.17. The molecule has 0 saturated heterocycles. The number of methoxy groups -OCH3 is 1. The molecule has 1 aromatic carbocycles. The second-order valence-corrected chi connectivity index (χ2v) is 5.28. The third-order valence-electron chi connectivity index (χ3n) is 3.11. The Bertz CT molecular complexity index is 679.